The molecule has 1 aromatic carbocycles. The number of anilines is 1. The monoisotopic (exact) mass is 304 g/mol. The van der Waals surface area contributed by atoms with Gasteiger partial charge in [0.05, 0.1) is 0 Å². The SMILES string of the molecule is O=S(=O)(Nc1cccc(F)n1)c1ccc(Cl)cc1F. The van der Waals surface area contributed by atoms with E-state index in [4.69, 9.17) is 11.6 Å². The van der Waals surface area contributed by atoms with Gasteiger partial charge < -0.3 is 0 Å². The first-order valence-corrected chi connectivity index (χ1v) is 6.85. The van der Waals surface area contributed by atoms with Crippen molar-refractivity contribution < 1.29 is 17.2 Å². The Labute approximate surface area is 113 Å². The maximum absolute atomic E-state index is 13.5. The van der Waals surface area contributed by atoms with Gasteiger partial charge in [0.15, 0.2) is 0 Å². The van der Waals surface area contributed by atoms with Crippen molar-refractivity contribution >= 4 is 27.4 Å². The van der Waals surface area contributed by atoms with E-state index in [1.165, 1.54) is 18.2 Å². The standard InChI is InChI=1S/C11H7ClF2N2O2S/c12-7-4-5-9(8(13)6-7)19(17,18)16-11-3-1-2-10(14)15-11/h1-6H,(H,15,16). The average Bonchev–Trinajstić information content (AvgIpc) is 2.27. The quantitative estimate of drug-likeness (QED) is 0.887. The molecular weight excluding hydrogens is 298 g/mol. The van der Waals surface area contributed by atoms with E-state index in [0.717, 1.165) is 18.2 Å². The number of rotatable bonds is 3. The van der Waals surface area contributed by atoms with Crippen molar-refractivity contribution in [3.8, 4) is 0 Å². The molecule has 0 saturated heterocycles. The average molecular weight is 305 g/mol. The summed E-state index contributed by atoms with van der Waals surface area (Å²) in [6.07, 6.45) is 0. The molecule has 0 atom stereocenters. The second-order valence-corrected chi connectivity index (χ2v) is 5.61. The molecule has 100 valence electrons. The number of hydrogen-bond acceptors (Lipinski definition) is 3. The summed E-state index contributed by atoms with van der Waals surface area (Å²) in [6, 6.07) is 6.69. The van der Waals surface area contributed by atoms with E-state index in [2.05, 4.69) is 4.98 Å². The molecule has 0 unspecified atom stereocenters. The molecule has 0 bridgehead atoms. The van der Waals surface area contributed by atoms with Crippen LogP contribution in [0.15, 0.2) is 41.3 Å². The molecule has 19 heavy (non-hydrogen) atoms. The summed E-state index contributed by atoms with van der Waals surface area (Å²) in [6.45, 7) is 0. The first-order valence-electron chi connectivity index (χ1n) is 4.99. The summed E-state index contributed by atoms with van der Waals surface area (Å²) in [5.41, 5.74) is 0. The van der Waals surface area contributed by atoms with Crippen molar-refractivity contribution in [3.63, 3.8) is 0 Å². The Hall–Kier alpha value is -1.73. The lowest BCUT2D eigenvalue weighted by atomic mass is 10.3. The lowest BCUT2D eigenvalue weighted by Gasteiger charge is -2.08. The van der Waals surface area contributed by atoms with Gasteiger partial charge in [0.25, 0.3) is 10.0 Å². The number of sulfonamides is 1. The topological polar surface area (TPSA) is 59.1 Å². The molecule has 1 aromatic heterocycles. The first-order chi connectivity index (χ1) is 8.88. The predicted octanol–water partition coefficient (Wildman–Crippen LogP) is 2.81. The van der Waals surface area contributed by atoms with E-state index >= 15 is 0 Å². The van der Waals surface area contributed by atoms with Crippen LogP contribution in [0.1, 0.15) is 0 Å². The maximum Gasteiger partial charge on any atom is 0.265 e. The number of halogens is 3. The van der Waals surface area contributed by atoms with Gasteiger partial charge >= 0.3 is 0 Å². The zero-order chi connectivity index (χ0) is 14.0. The van der Waals surface area contributed by atoms with E-state index in [9.17, 15) is 17.2 Å². The van der Waals surface area contributed by atoms with Gasteiger partial charge in [-0.15, -0.1) is 0 Å². The molecular formula is C11H7ClF2N2O2S. The summed E-state index contributed by atoms with van der Waals surface area (Å²) >= 11 is 5.53. The number of nitrogens with zero attached hydrogens (tertiary/aromatic N) is 1. The fourth-order valence-corrected chi connectivity index (χ4v) is 2.57. The van der Waals surface area contributed by atoms with Gasteiger partial charge in [0.2, 0.25) is 5.95 Å². The van der Waals surface area contributed by atoms with E-state index in [-0.39, 0.29) is 10.8 Å². The molecule has 0 aliphatic carbocycles. The molecule has 1 N–H and O–H groups in total. The van der Waals surface area contributed by atoms with Gasteiger partial charge in [0.1, 0.15) is 16.5 Å². The van der Waals surface area contributed by atoms with Gasteiger partial charge in [-0.25, -0.2) is 17.8 Å². The van der Waals surface area contributed by atoms with Crippen LogP contribution >= 0.6 is 11.6 Å². The second kappa shape index (κ2) is 5.10. The summed E-state index contributed by atoms with van der Waals surface area (Å²) in [5.74, 6) is -2.09. The van der Waals surface area contributed by atoms with Crippen LogP contribution in [0.4, 0.5) is 14.6 Å². The van der Waals surface area contributed by atoms with E-state index in [0.29, 0.717) is 0 Å². The van der Waals surface area contributed by atoms with Gasteiger partial charge in [-0.1, -0.05) is 17.7 Å². The van der Waals surface area contributed by atoms with Crippen LogP contribution in [0.2, 0.25) is 5.02 Å². The molecule has 8 heteroatoms. The van der Waals surface area contributed by atoms with Crippen LogP contribution in [-0.4, -0.2) is 13.4 Å². The highest BCUT2D eigenvalue weighted by molar-refractivity contribution is 7.92. The molecule has 0 aliphatic rings. The molecule has 0 aliphatic heterocycles. The van der Waals surface area contributed by atoms with Gasteiger partial charge in [-0.2, -0.15) is 4.39 Å². The highest BCUT2D eigenvalue weighted by atomic mass is 35.5. The van der Waals surface area contributed by atoms with E-state index < -0.39 is 26.7 Å². The fraction of sp³-hybridized carbons (Fsp3) is 0. The van der Waals surface area contributed by atoms with Crippen LogP contribution in [0.25, 0.3) is 0 Å². The van der Waals surface area contributed by atoms with Crippen molar-refractivity contribution in [3.05, 3.63) is 53.2 Å². The van der Waals surface area contributed by atoms with Crippen molar-refractivity contribution in [2.45, 2.75) is 4.90 Å². The Morgan fingerprint density at radius 1 is 1.16 bits per heavy atom. The molecule has 0 saturated carbocycles. The van der Waals surface area contributed by atoms with Crippen LogP contribution in [-0.2, 0) is 10.0 Å². The Morgan fingerprint density at radius 2 is 1.89 bits per heavy atom. The summed E-state index contributed by atoms with van der Waals surface area (Å²) < 4.78 is 52.1. The minimum atomic E-state index is -4.19. The second-order valence-electron chi connectivity index (χ2n) is 3.53. The zero-order valence-electron chi connectivity index (χ0n) is 9.27. The number of aromatic nitrogens is 1. The van der Waals surface area contributed by atoms with Gasteiger partial charge in [0, 0.05) is 5.02 Å². The minimum Gasteiger partial charge on any atom is -0.263 e. The number of nitrogens with one attached hydrogen (secondary N) is 1. The van der Waals surface area contributed by atoms with Crippen molar-refractivity contribution in [2.24, 2.45) is 0 Å². The number of benzene rings is 1. The highest BCUT2D eigenvalue weighted by Gasteiger charge is 2.20. The lowest BCUT2D eigenvalue weighted by Crippen LogP contribution is -2.15. The lowest BCUT2D eigenvalue weighted by molar-refractivity contribution is 0.569. The molecule has 2 rings (SSSR count). The molecule has 4 nitrogen and oxygen atoms in total. The Morgan fingerprint density at radius 3 is 2.53 bits per heavy atom. The molecule has 0 fully saturated rings. The molecule has 0 radical (unpaired) electrons. The third-order valence-electron chi connectivity index (χ3n) is 2.14. The zero-order valence-corrected chi connectivity index (χ0v) is 10.8. The predicted molar refractivity (Wildman–Crippen MR) is 66.4 cm³/mol. The van der Waals surface area contributed by atoms with Crippen LogP contribution in [0.5, 0.6) is 0 Å². The van der Waals surface area contributed by atoms with Gasteiger partial charge in [-0.3, -0.25) is 4.72 Å². The minimum absolute atomic E-state index is 0.0698. The molecule has 0 amide bonds. The molecule has 2 aromatic rings. The first kappa shape index (κ1) is 13.7. The third-order valence-corrected chi connectivity index (χ3v) is 3.76. The van der Waals surface area contributed by atoms with E-state index in [1.807, 2.05) is 4.72 Å². The molecule has 0 spiro atoms. The van der Waals surface area contributed by atoms with Crippen molar-refractivity contribution in [2.75, 3.05) is 4.72 Å². The largest absolute Gasteiger partial charge is 0.265 e. The normalized spacial score (nSPS) is 11.3. The van der Waals surface area contributed by atoms with Crippen LogP contribution in [0, 0.1) is 11.8 Å². The van der Waals surface area contributed by atoms with Gasteiger partial charge in [-0.05, 0) is 30.3 Å². The smallest absolute Gasteiger partial charge is 0.263 e. The summed E-state index contributed by atoms with van der Waals surface area (Å²) in [4.78, 5) is 2.73. The Balaban J connectivity index is 2.38. The maximum atomic E-state index is 13.5. The van der Waals surface area contributed by atoms with E-state index in [1.54, 1.807) is 0 Å². The summed E-state index contributed by atoms with van der Waals surface area (Å²) in [5, 5.41) is 0.0698. The number of hydrogen-bond donors (Lipinski definition) is 1. The Bertz CT molecular complexity index is 722. The Kier molecular flexibility index (Phi) is 3.68. The fourth-order valence-electron chi connectivity index (χ4n) is 1.35. The summed E-state index contributed by atoms with van der Waals surface area (Å²) in [7, 11) is -4.19. The van der Waals surface area contributed by atoms with Crippen molar-refractivity contribution in [1.82, 2.24) is 4.98 Å². The van der Waals surface area contributed by atoms with Crippen molar-refractivity contribution in [1.29, 1.82) is 0 Å². The van der Waals surface area contributed by atoms with Crippen LogP contribution < -0.4 is 4.72 Å². The third kappa shape index (κ3) is 3.18. The van der Waals surface area contributed by atoms with Crippen LogP contribution in [0.3, 0.4) is 0 Å². The highest BCUT2D eigenvalue weighted by Crippen LogP contribution is 2.21. The number of pyridine rings is 1. The molecule has 1 heterocycles.